The third kappa shape index (κ3) is 3.15. The van der Waals surface area contributed by atoms with E-state index in [1.54, 1.807) is 19.3 Å². The highest BCUT2D eigenvalue weighted by molar-refractivity contribution is 6.34. The van der Waals surface area contributed by atoms with Crippen LogP contribution in [0.2, 0.25) is 0 Å². The van der Waals surface area contributed by atoms with Crippen LogP contribution in [-0.4, -0.2) is 21.6 Å². The summed E-state index contributed by atoms with van der Waals surface area (Å²) in [4.78, 5) is 0. The molecule has 6 heteroatoms. The molecular formula is C24H19BN2O3. The zero-order valence-electron chi connectivity index (χ0n) is 16.5. The van der Waals surface area contributed by atoms with E-state index in [0.29, 0.717) is 34.9 Å². The van der Waals surface area contributed by atoms with Gasteiger partial charge >= 0.3 is 0 Å². The number of fused-ring (bicyclic) bond motifs is 3. The van der Waals surface area contributed by atoms with E-state index < -0.39 is 5.92 Å². The van der Waals surface area contributed by atoms with Gasteiger partial charge in [-0.3, -0.25) is 0 Å². The van der Waals surface area contributed by atoms with Crippen molar-refractivity contribution in [1.29, 1.82) is 5.26 Å². The van der Waals surface area contributed by atoms with Crippen LogP contribution in [0.1, 0.15) is 17.0 Å². The summed E-state index contributed by atoms with van der Waals surface area (Å²) in [5.41, 5.74) is 8.47. The van der Waals surface area contributed by atoms with Crippen LogP contribution in [0.15, 0.2) is 72.6 Å². The topological polar surface area (TPSA) is 77.5 Å². The summed E-state index contributed by atoms with van der Waals surface area (Å²) < 4.78 is 17.1. The van der Waals surface area contributed by atoms with Gasteiger partial charge < -0.3 is 19.9 Å². The maximum absolute atomic E-state index is 9.83. The van der Waals surface area contributed by atoms with Gasteiger partial charge in [0.25, 0.3) is 0 Å². The fourth-order valence-corrected chi connectivity index (χ4v) is 3.79. The van der Waals surface area contributed by atoms with Crippen molar-refractivity contribution in [3.8, 4) is 23.3 Å². The molecule has 4 rings (SSSR count). The first-order chi connectivity index (χ1) is 14.6. The number of hydrogen-bond donors (Lipinski definition) is 1. The average molecular weight is 394 g/mol. The Labute approximate surface area is 176 Å². The van der Waals surface area contributed by atoms with E-state index in [1.165, 1.54) is 0 Å². The van der Waals surface area contributed by atoms with Crippen molar-refractivity contribution < 1.29 is 14.2 Å². The SMILES string of the molecule is [B]c1cc(C2C(C#N)=C(N)Oc3c2ccc2ccccc32)cc(OC)c1OCC=C. The lowest BCUT2D eigenvalue weighted by Crippen LogP contribution is -2.22. The van der Waals surface area contributed by atoms with Crippen LogP contribution in [0.3, 0.4) is 0 Å². The van der Waals surface area contributed by atoms with Crippen molar-refractivity contribution >= 4 is 24.1 Å². The van der Waals surface area contributed by atoms with E-state index in [4.69, 9.17) is 27.8 Å². The standard InChI is InChI=1S/C24H19BN2O3/c1-3-10-29-23-19(25)11-15(12-20(23)28-2)21-17-9-8-14-6-4-5-7-16(14)22(17)30-24(27)18(21)13-26/h3-9,11-12,21H,1,10,27H2,2H3. The first kappa shape index (κ1) is 19.5. The number of nitrogens with zero attached hydrogens (tertiary/aromatic N) is 1. The maximum Gasteiger partial charge on any atom is 0.205 e. The summed E-state index contributed by atoms with van der Waals surface area (Å²) in [7, 11) is 7.82. The smallest absolute Gasteiger partial charge is 0.205 e. The van der Waals surface area contributed by atoms with E-state index in [1.807, 2.05) is 42.5 Å². The third-order valence-electron chi connectivity index (χ3n) is 5.11. The molecule has 0 saturated heterocycles. The molecule has 2 radical (unpaired) electrons. The second-order valence-corrected chi connectivity index (χ2v) is 6.87. The molecule has 0 amide bonds. The van der Waals surface area contributed by atoms with Gasteiger partial charge in [0.2, 0.25) is 5.88 Å². The van der Waals surface area contributed by atoms with E-state index in [2.05, 4.69) is 12.6 Å². The number of allylic oxidation sites excluding steroid dienone is 1. The highest BCUT2D eigenvalue weighted by atomic mass is 16.5. The van der Waals surface area contributed by atoms with Crippen LogP contribution in [-0.2, 0) is 0 Å². The summed E-state index contributed by atoms with van der Waals surface area (Å²) >= 11 is 0. The average Bonchev–Trinajstić information content (AvgIpc) is 2.76. The third-order valence-corrected chi connectivity index (χ3v) is 5.11. The maximum atomic E-state index is 9.83. The van der Waals surface area contributed by atoms with Crippen molar-refractivity contribution in [2.24, 2.45) is 5.73 Å². The molecule has 0 bridgehead atoms. The van der Waals surface area contributed by atoms with Crippen LogP contribution in [0.5, 0.6) is 17.2 Å². The molecule has 3 aromatic rings. The van der Waals surface area contributed by atoms with Crippen molar-refractivity contribution in [2.75, 3.05) is 13.7 Å². The number of hydrogen-bond acceptors (Lipinski definition) is 5. The molecule has 1 unspecified atom stereocenters. The molecule has 2 N–H and O–H groups in total. The molecule has 1 aliphatic rings. The molecule has 5 nitrogen and oxygen atoms in total. The first-order valence-corrected chi connectivity index (χ1v) is 9.39. The number of nitriles is 1. The number of rotatable bonds is 5. The predicted molar refractivity (Wildman–Crippen MR) is 117 cm³/mol. The quantitative estimate of drug-likeness (QED) is 0.530. The van der Waals surface area contributed by atoms with Crippen molar-refractivity contribution in [3.63, 3.8) is 0 Å². The Morgan fingerprint density at radius 1 is 1.27 bits per heavy atom. The Kier molecular flexibility index (Phi) is 5.11. The van der Waals surface area contributed by atoms with E-state index in [-0.39, 0.29) is 5.88 Å². The summed E-state index contributed by atoms with van der Waals surface area (Å²) in [5, 5.41) is 11.8. The lowest BCUT2D eigenvalue weighted by Gasteiger charge is -2.28. The van der Waals surface area contributed by atoms with Crippen LogP contribution in [0.4, 0.5) is 0 Å². The minimum absolute atomic E-state index is 0.0795. The van der Waals surface area contributed by atoms with Gasteiger partial charge in [-0.05, 0) is 17.0 Å². The second kappa shape index (κ2) is 7.88. The van der Waals surface area contributed by atoms with Crippen molar-refractivity contribution in [1.82, 2.24) is 0 Å². The monoisotopic (exact) mass is 394 g/mol. The molecule has 0 aromatic heterocycles. The zero-order chi connectivity index (χ0) is 21.3. The van der Waals surface area contributed by atoms with Gasteiger partial charge in [-0.1, -0.05) is 60.6 Å². The number of ether oxygens (including phenoxy) is 3. The van der Waals surface area contributed by atoms with E-state index in [9.17, 15) is 5.26 Å². The summed E-state index contributed by atoms with van der Waals surface area (Å²) in [6.07, 6.45) is 1.63. The highest BCUT2D eigenvalue weighted by Crippen LogP contribution is 2.46. The summed E-state index contributed by atoms with van der Waals surface area (Å²) in [6, 6.07) is 17.6. The predicted octanol–water partition coefficient (Wildman–Crippen LogP) is 3.43. The lowest BCUT2D eigenvalue weighted by atomic mass is 9.80. The van der Waals surface area contributed by atoms with Crippen LogP contribution in [0, 0.1) is 11.3 Å². The molecule has 0 fully saturated rings. The van der Waals surface area contributed by atoms with Gasteiger partial charge in [-0.25, -0.2) is 0 Å². The van der Waals surface area contributed by atoms with Gasteiger partial charge in [0, 0.05) is 10.9 Å². The Morgan fingerprint density at radius 2 is 2.07 bits per heavy atom. The van der Waals surface area contributed by atoms with Crippen LogP contribution < -0.4 is 25.4 Å². The first-order valence-electron chi connectivity index (χ1n) is 9.39. The fraction of sp³-hybridized carbons (Fsp3) is 0.125. The highest BCUT2D eigenvalue weighted by Gasteiger charge is 2.32. The summed E-state index contributed by atoms with van der Waals surface area (Å²) in [5.74, 6) is 1.17. The molecule has 1 heterocycles. The molecular weight excluding hydrogens is 375 g/mol. The molecule has 0 spiro atoms. The Bertz CT molecular complexity index is 1230. The Balaban J connectivity index is 1.94. The van der Waals surface area contributed by atoms with Gasteiger partial charge in [0.1, 0.15) is 31.8 Å². The second-order valence-electron chi connectivity index (χ2n) is 6.87. The lowest BCUT2D eigenvalue weighted by molar-refractivity contribution is 0.328. The molecule has 30 heavy (non-hydrogen) atoms. The molecule has 146 valence electrons. The largest absolute Gasteiger partial charge is 0.493 e. The molecule has 0 aliphatic carbocycles. The number of methoxy groups -OCH3 is 1. The minimum atomic E-state index is -0.451. The minimum Gasteiger partial charge on any atom is -0.493 e. The normalized spacial score (nSPS) is 15.1. The molecule has 1 aliphatic heterocycles. The van der Waals surface area contributed by atoms with Gasteiger partial charge in [-0.15, -0.1) is 0 Å². The zero-order valence-corrected chi connectivity index (χ0v) is 16.5. The molecule has 1 atom stereocenters. The summed E-state index contributed by atoms with van der Waals surface area (Å²) in [6.45, 7) is 3.95. The van der Waals surface area contributed by atoms with Crippen LogP contribution >= 0.6 is 0 Å². The van der Waals surface area contributed by atoms with E-state index >= 15 is 0 Å². The molecule has 3 aromatic carbocycles. The van der Waals surface area contributed by atoms with E-state index in [0.717, 1.165) is 21.9 Å². The van der Waals surface area contributed by atoms with Crippen molar-refractivity contribution in [2.45, 2.75) is 5.92 Å². The van der Waals surface area contributed by atoms with Crippen LogP contribution in [0.25, 0.3) is 10.8 Å². The van der Waals surface area contributed by atoms with Gasteiger partial charge in [0.15, 0.2) is 11.5 Å². The molecule has 0 saturated carbocycles. The Morgan fingerprint density at radius 3 is 2.80 bits per heavy atom. The van der Waals surface area contributed by atoms with Crippen molar-refractivity contribution in [3.05, 3.63) is 83.8 Å². The van der Waals surface area contributed by atoms with Gasteiger partial charge in [-0.2, -0.15) is 5.26 Å². The van der Waals surface area contributed by atoms with Gasteiger partial charge in [0.05, 0.1) is 13.0 Å². The fourth-order valence-electron chi connectivity index (χ4n) is 3.79. The number of benzene rings is 3. The Hall–Kier alpha value is -3.85. The number of nitrogens with two attached hydrogens (primary N) is 1.